The first kappa shape index (κ1) is 16.3. The second-order valence-corrected chi connectivity index (χ2v) is 5.67. The van der Waals surface area contributed by atoms with E-state index in [0.717, 1.165) is 42.8 Å². The molecule has 5 heteroatoms. The molecule has 0 unspecified atom stereocenters. The van der Waals surface area contributed by atoms with Gasteiger partial charge < -0.3 is 15.0 Å². The molecule has 1 aliphatic heterocycles. The number of rotatable bonds is 7. The van der Waals surface area contributed by atoms with Crippen molar-refractivity contribution in [2.45, 2.75) is 32.6 Å². The highest BCUT2D eigenvalue weighted by molar-refractivity contribution is 5.79. The number of benzene rings is 1. The van der Waals surface area contributed by atoms with Crippen LogP contribution in [0.25, 0.3) is 0 Å². The number of aryl methyl sites for hydroxylation is 1. The highest BCUT2D eigenvalue weighted by Gasteiger charge is 2.19. The van der Waals surface area contributed by atoms with Crippen molar-refractivity contribution >= 4 is 11.8 Å². The Labute approximate surface area is 131 Å². The number of likely N-dealkylation sites (tertiary alicyclic amines) is 1. The van der Waals surface area contributed by atoms with E-state index >= 15 is 0 Å². The van der Waals surface area contributed by atoms with Crippen LogP contribution in [0.5, 0.6) is 5.75 Å². The molecule has 0 aliphatic carbocycles. The van der Waals surface area contributed by atoms with Crippen LogP contribution in [0.1, 0.15) is 30.4 Å². The lowest BCUT2D eigenvalue weighted by Gasteiger charge is -2.15. The van der Waals surface area contributed by atoms with E-state index in [9.17, 15) is 9.59 Å². The van der Waals surface area contributed by atoms with Crippen LogP contribution in [-0.2, 0) is 16.0 Å². The summed E-state index contributed by atoms with van der Waals surface area (Å²) < 4.78 is 5.26. The van der Waals surface area contributed by atoms with Crippen molar-refractivity contribution in [2.75, 3.05) is 26.7 Å². The summed E-state index contributed by atoms with van der Waals surface area (Å²) in [5, 5.41) is 2.90. The molecule has 120 valence electrons. The van der Waals surface area contributed by atoms with Gasteiger partial charge in [-0.15, -0.1) is 0 Å². The van der Waals surface area contributed by atoms with Crippen molar-refractivity contribution in [3.8, 4) is 5.75 Å². The number of hydrogen-bond acceptors (Lipinski definition) is 3. The Morgan fingerprint density at radius 2 is 2.23 bits per heavy atom. The van der Waals surface area contributed by atoms with Crippen molar-refractivity contribution in [3.05, 3.63) is 29.3 Å². The predicted octanol–water partition coefficient (Wildman–Crippen LogP) is 1.67. The highest BCUT2D eigenvalue weighted by atomic mass is 16.5. The molecule has 0 bridgehead atoms. The van der Waals surface area contributed by atoms with Crippen molar-refractivity contribution in [1.29, 1.82) is 0 Å². The summed E-state index contributed by atoms with van der Waals surface area (Å²) in [6, 6.07) is 5.80. The van der Waals surface area contributed by atoms with E-state index in [-0.39, 0.29) is 11.8 Å². The largest absolute Gasteiger partial charge is 0.496 e. The van der Waals surface area contributed by atoms with Gasteiger partial charge in [0.2, 0.25) is 11.8 Å². The zero-order valence-electron chi connectivity index (χ0n) is 13.4. The topological polar surface area (TPSA) is 58.6 Å². The molecule has 1 aromatic rings. The Kier molecular flexibility index (Phi) is 5.81. The van der Waals surface area contributed by atoms with Crippen LogP contribution >= 0.6 is 0 Å². The van der Waals surface area contributed by atoms with Crippen LogP contribution in [0.15, 0.2) is 18.2 Å². The molecular weight excluding hydrogens is 280 g/mol. The first-order chi connectivity index (χ1) is 10.6. The first-order valence-electron chi connectivity index (χ1n) is 7.78. The molecule has 1 N–H and O–H groups in total. The summed E-state index contributed by atoms with van der Waals surface area (Å²) in [5.74, 6) is 1.04. The molecule has 1 heterocycles. The maximum Gasteiger partial charge on any atom is 0.224 e. The lowest BCUT2D eigenvalue weighted by molar-refractivity contribution is -0.127. The summed E-state index contributed by atoms with van der Waals surface area (Å²) in [4.78, 5) is 25.3. The van der Waals surface area contributed by atoms with E-state index in [1.807, 2.05) is 30.0 Å². The predicted molar refractivity (Wildman–Crippen MR) is 84.9 cm³/mol. The standard InChI is InChI=1S/C17H24N2O3/c1-13-6-7-14(11-15(13)22-2)12-16(20)18-8-4-10-19-9-3-5-17(19)21/h6-7,11H,3-5,8-10,12H2,1-2H3,(H,18,20). The van der Waals surface area contributed by atoms with E-state index in [2.05, 4.69) is 5.32 Å². The molecule has 1 fully saturated rings. The van der Waals surface area contributed by atoms with Gasteiger partial charge in [-0.2, -0.15) is 0 Å². The van der Waals surface area contributed by atoms with Crippen LogP contribution < -0.4 is 10.1 Å². The number of nitrogens with one attached hydrogen (secondary N) is 1. The van der Waals surface area contributed by atoms with Gasteiger partial charge in [-0.3, -0.25) is 9.59 Å². The summed E-state index contributed by atoms with van der Waals surface area (Å²) in [6.07, 6.45) is 2.77. The van der Waals surface area contributed by atoms with Crippen molar-refractivity contribution in [3.63, 3.8) is 0 Å². The minimum atomic E-state index is -0.00125. The number of carbonyl (C=O) groups excluding carboxylic acids is 2. The maximum atomic E-state index is 11.9. The van der Waals surface area contributed by atoms with E-state index in [1.165, 1.54) is 0 Å². The van der Waals surface area contributed by atoms with Crippen LogP contribution in [0.2, 0.25) is 0 Å². The van der Waals surface area contributed by atoms with Gasteiger partial charge in [-0.1, -0.05) is 12.1 Å². The van der Waals surface area contributed by atoms with Gasteiger partial charge in [0, 0.05) is 26.1 Å². The minimum absolute atomic E-state index is 0.00125. The Balaban J connectivity index is 1.70. The van der Waals surface area contributed by atoms with Crippen LogP contribution in [0.3, 0.4) is 0 Å². The fourth-order valence-corrected chi connectivity index (χ4v) is 2.66. The van der Waals surface area contributed by atoms with Gasteiger partial charge in [0.1, 0.15) is 5.75 Å². The van der Waals surface area contributed by atoms with Gasteiger partial charge in [0.05, 0.1) is 13.5 Å². The lowest BCUT2D eigenvalue weighted by Crippen LogP contribution is -2.31. The minimum Gasteiger partial charge on any atom is -0.496 e. The number of carbonyl (C=O) groups is 2. The van der Waals surface area contributed by atoms with E-state index < -0.39 is 0 Å². The van der Waals surface area contributed by atoms with Gasteiger partial charge in [0.15, 0.2) is 0 Å². The SMILES string of the molecule is COc1cc(CC(=O)NCCCN2CCCC2=O)ccc1C. The summed E-state index contributed by atoms with van der Waals surface area (Å²) in [7, 11) is 1.63. The zero-order chi connectivity index (χ0) is 15.9. The smallest absolute Gasteiger partial charge is 0.224 e. The number of methoxy groups -OCH3 is 1. The fraction of sp³-hybridized carbons (Fsp3) is 0.529. The van der Waals surface area contributed by atoms with E-state index in [4.69, 9.17) is 4.74 Å². The molecule has 0 aromatic heterocycles. The molecule has 0 atom stereocenters. The molecule has 0 spiro atoms. The second-order valence-electron chi connectivity index (χ2n) is 5.67. The summed E-state index contributed by atoms with van der Waals surface area (Å²) in [5.41, 5.74) is 2.00. The Bertz CT molecular complexity index is 543. The molecule has 5 nitrogen and oxygen atoms in total. The number of ether oxygens (including phenoxy) is 1. The van der Waals surface area contributed by atoms with Crippen molar-refractivity contribution in [2.24, 2.45) is 0 Å². The van der Waals surface area contributed by atoms with Crippen molar-refractivity contribution < 1.29 is 14.3 Å². The number of hydrogen-bond donors (Lipinski definition) is 1. The quantitative estimate of drug-likeness (QED) is 0.780. The maximum absolute atomic E-state index is 11.9. The second kappa shape index (κ2) is 7.82. The molecule has 1 aliphatic rings. The zero-order valence-corrected chi connectivity index (χ0v) is 13.4. The van der Waals surface area contributed by atoms with Crippen LogP contribution in [-0.4, -0.2) is 43.5 Å². The molecule has 0 saturated carbocycles. The molecular formula is C17H24N2O3. The molecule has 2 rings (SSSR count). The van der Waals surface area contributed by atoms with Gasteiger partial charge in [-0.05, 0) is 37.0 Å². The van der Waals surface area contributed by atoms with Gasteiger partial charge in [-0.25, -0.2) is 0 Å². The molecule has 2 amide bonds. The monoisotopic (exact) mass is 304 g/mol. The lowest BCUT2D eigenvalue weighted by atomic mass is 10.1. The molecule has 1 aromatic carbocycles. The Hall–Kier alpha value is -2.04. The summed E-state index contributed by atoms with van der Waals surface area (Å²) in [6.45, 7) is 4.17. The summed E-state index contributed by atoms with van der Waals surface area (Å²) >= 11 is 0. The fourth-order valence-electron chi connectivity index (χ4n) is 2.66. The van der Waals surface area contributed by atoms with Crippen LogP contribution in [0, 0.1) is 6.92 Å². The first-order valence-corrected chi connectivity index (χ1v) is 7.78. The molecule has 0 radical (unpaired) electrons. The Morgan fingerprint density at radius 1 is 1.41 bits per heavy atom. The van der Waals surface area contributed by atoms with Crippen LogP contribution in [0.4, 0.5) is 0 Å². The Morgan fingerprint density at radius 3 is 2.91 bits per heavy atom. The average Bonchev–Trinajstić information content (AvgIpc) is 2.91. The third-order valence-corrected chi connectivity index (χ3v) is 3.94. The number of amides is 2. The molecule has 22 heavy (non-hydrogen) atoms. The van der Waals surface area contributed by atoms with Gasteiger partial charge in [0.25, 0.3) is 0 Å². The third kappa shape index (κ3) is 4.48. The third-order valence-electron chi connectivity index (χ3n) is 3.94. The highest BCUT2D eigenvalue weighted by Crippen LogP contribution is 2.19. The molecule has 1 saturated heterocycles. The normalized spacial score (nSPS) is 14.3. The average molecular weight is 304 g/mol. The van der Waals surface area contributed by atoms with Crippen molar-refractivity contribution in [1.82, 2.24) is 10.2 Å². The van der Waals surface area contributed by atoms with Gasteiger partial charge >= 0.3 is 0 Å². The van der Waals surface area contributed by atoms with E-state index in [0.29, 0.717) is 19.4 Å². The van der Waals surface area contributed by atoms with E-state index in [1.54, 1.807) is 7.11 Å². The number of nitrogens with zero attached hydrogens (tertiary/aromatic N) is 1.